The summed E-state index contributed by atoms with van der Waals surface area (Å²) in [5.41, 5.74) is -0.404. The van der Waals surface area contributed by atoms with Crippen molar-refractivity contribution in [2.24, 2.45) is 0 Å². The third kappa shape index (κ3) is 9.06. The number of rotatable bonds is 6. The third-order valence-corrected chi connectivity index (χ3v) is 2.86. The second kappa shape index (κ2) is 10.7. The lowest BCUT2D eigenvalue weighted by Crippen LogP contribution is -2.27. The Bertz CT molecular complexity index is 618. The molecule has 0 radical (unpaired) electrons. The van der Waals surface area contributed by atoms with Crippen molar-refractivity contribution in [2.45, 2.75) is 26.4 Å². The van der Waals surface area contributed by atoms with Gasteiger partial charge in [0.25, 0.3) is 0 Å². The molecule has 0 aliphatic rings. The normalized spacial score (nSPS) is 10.5. The zero-order valence-electron chi connectivity index (χ0n) is 13.4. The predicted molar refractivity (Wildman–Crippen MR) is 84.9 cm³/mol. The first kappa shape index (κ1) is 22.9. The molecule has 0 atom stereocenters. The van der Waals surface area contributed by atoms with Gasteiger partial charge in [0.1, 0.15) is 0 Å². The number of carboxylic acid groups (broad SMARTS) is 1. The molecule has 0 spiro atoms. The number of carbonyl (C=O) groups excluding carboxylic acids is 2. The number of alkyl halides is 3. The van der Waals surface area contributed by atoms with Gasteiger partial charge in [0.15, 0.2) is 0 Å². The van der Waals surface area contributed by atoms with E-state index in [0.717, 1.165) is 25.3 Å². The summed E-state index contributed by atoms with van der Waals surface area (Å²) in [5.74, 6) is -4.76. The zero-order chi connectivity index (χ0) is 19.6. The van der Waals surface area contributed by atoms with Gasteiger partial charge in [-0.1, -0.05) is 11.6 Å². The average molecular weight is 384 g/mol. The summed E-state index contributed by atoms with van der Waals surface area (Å²) in [4.78, 5) is 32.6. The lowest BCUT2D eigenvalue weighted by atomic mass is 10.2. The van der Waals surface area contributed by atoms with E-state index in [1.807, 2.05) is 19.2 Å². The molecular formula is C15H17ClF3NO5. The molecule has 10 heteroatoms. The molecule has 2 N–H and O–H groups in total. The number of aromatic carboxylic acids is 1. The maximum atomic E-state index is 11.9. The highest BCUT2D eigenvalue weighted by molar-refractivity contribution is 6.33. The van der Waals surface area contributed by atoms with Crippen LogP contribution in [-0.2, 0) is 14.3 Å². The maximum absolute atomic E-state index is 11.9. The Kier molecular flexibility index (Phi) is 9.77. The number of Topliss-reactive ketones (excluding diaryl/α,β-unsaturated/α-hetero) is 1. The number of benzene rings is 1. The predicted octanol–water partition coefficient (Wildman–Crippen LogP) is 3.54. The van der Waals surface area contributed by atoms with Crippen LogP contribution in [0.3, 0.4) is 0 Å². The molecule has 0 heterocycles. The van der Waals surface area contributed by atoms with E-state index in [1.54, 1.807) is 0 Å². The first-order valence-corrected chi connectivity index (χ1v) is 7.41. The van der Waals surface area contributed by atoms with Crippen LogP contribution in [-0.4, -0.2) is 42.2 Å². The minimum atomic E-state index is -5.09. The Hall–Kier alpha value is -2.13. The number of amides is 1. The summed E-state index contributed by atoms with van der Waals surface area (Å²) in [5, 5.41) is 10.7. The summed E-state index contributed by atoms with van der Waals surface area (Å²) in [7, 11) is 0. The highest BCUT2D eigenvalue weighted by Gasteiger charge is 2.39. The molecule has 1 rings (SSSR count). The number of carboxylic acids is 1. The van der Waals surface area contributed by atoms with E-state index in [-0.39, 0.29) is 16.3 Å². The molecule has 1 aromatic carbocycles. The molecule has 0 aromatic heterocycles. The molecule has 1 amide bonds. The van der Waals surface area contributed by atoms with Crippen LogP contribution in [0.25, 0.3) is 0 Å². The fraction of sp³-hybridized carbons (Fsp3) is 0.400. The number of nitrogens with one attached hydrogen (secondary N) is 1. The van der Waals surface area contributed by atoms with Crippen LogP contribution in [0, 0.1) is 0 Å². The Balaban J connectivity index is 0.00000101. The molecular weight excluding hydrogens is 367 g/mol. The zero-order valence-corrected chi connectivity index (χ0v) is 14.2. The van der Waals surface area contributed by atoms with E-state index in [0.29, 0.717) is 0 Å². The first-order chi connectivity index (χ1) is 11.5. The smallest absolute Gasteiger partial charge is 0.450 e. The SMILES string of the molecule is CCOCC.O=C(CC(=O)C(F)(F)F)Nc1ccc(Cl)c(C(=O)O)c1. The Labute approximate surface area is 146 Å². The van der Waals surface area contributed by atoms with Crippen molar-refractivity contribution in [3.05, 3.63) is 28.8 Å². The summed E-state index contributed by atoms with van der Waals surface area (Å²) < 4.78 is 40.7. The number of ketones is 1. The van der Waals surface area contributed by atoms with Crippen molar-refractivity contribution in [3.63, 3.8) is 0 Å². The number of hydrogen-bond donors (Lipinski definition) is 2. The Morgan fingerprint density at radius 3 is 2.16 bits per heavy atom. The van der Waals surface area contributed by atoms with Crippen molar-refractivity contribution in [1.29, 1.82) is 0 Å². The van der Waals surface area contributed by atoms with Crippen molar-refractivity contribution >= 4 is 34.9 Å². The minimum absolute atomic E-state index is 0.0771. The van der Waals surface area contributed by atoms with Gasteiger partial charge in [0, 0.05) is 18.9 Å². The van der Waals surface area contributed by atoms with Crippen molar-refractivity contribution < 1.29 is 37.4 Å². The molecule has 0 saturated heterocycles. The summed E-state index contributed by atoms with van der Waals surface area (Å²) in [6, 6.07) is 3.33. The van der Waals surface area contributed by atoms with Crippen LogP contribution in [0.4, 0.5) is 18.9 Å². The number of ether oxygens (including phenoxy) is 1. The van der Waals surface area contributed by atoms with Gasteiger partial charge >= 0.3 is 12.1 Å². The molecule has 0 bridgehead atoms. The summed E-state index contributed by atoms with van der Waals surface area (Å²) in [6.07, 6.45) is -6.47. The lowest BCUT2D eigenvalue weighted by Gasteiger charge is -2.08. The molecule has 0 aliphatic heterocycles. The monoisotopic (exact) mass is 383 g/mol. The topological polar surface area (TPSA) is 92.7 Å². The molecule has 0 saturated carbocycles. The molecule has 1 aromatic rings. The van der Waals surface area contributed by atoms with Gasteiger partial charge in [-0.05, 0) is 32.0 Å². The fourth-order valence-electron chi connectivity index (χ4n) is 1.42. The number of halogens is 4. The fourth-order valence-corrected chi connectivity index (χ4v) is 1.62. The van der Waals surface area contributed by atoms with Crippen molar-refractivity contribution in [3.8, 4) is 0 Å². The number of carbonyl (C=O) groups is 3. The quantitative estimate of drug-likeness (QED) is 0.733. The maximum Gasteiger partial charge on any atom is 0.450 e. The van der Waals surface area contributed by atoms with Crippen LogP contribution in [0.15, 0.2) is 18.2 Å². The Morgan fingerprint density at radius 1 is 1.20 bits per heavy atom. The molecule has 0 fully saturated rings. The van der Waals surface area contributed by atoms with E-state index in [4.69, 9.17) is 21.4 Å². The summed E-state index contributed by atoms with van der Waals surface area (Å²) >= 11 is 5.58. The van der Waals surface area contributed by atoms with Crippen molar-refractivity contribution in [2.75, 3.05) is 18.5 Å². The Morgan fingerprint density at radius 2 is 1.76 bits per heavy atom. The average Bonchev–Trinajstić information content (AvgIpc) is 2.49. The second-order valence-corrected chi connectivity index (χ2v) is 4.83. The highest BCUT2D eigenvalue weighted by atomic mass is 35.5. The van der Waals surface area contributed by atoms with E-state index >= 15 is 0 Å². The molecule has 140 valence electrons. The minimum Gasteiger partial charge on any atom is -0.478 e. The van der Waals surface area contributed by atoms with Crippen LogP contribution in [0.2, 0.25) is 5.02 Å². The number of hydrogen-bond acceptors (Lipinski definition) is 4. The molecule has 0 aliphatic carbocycles. The van der Waals surface area contributed by atoms with Gasteiger partial charge < -0.3 is 15.2 Å². The van der Waals surface area contributed by atoms with Crippen LogP contribution >= 0.6 is 11.6 Å². The molecule has 0 unspecified atom stereocenters. The standard InChI is InChI=1S/C11H7ClF3NO4.C4H10O/c12-7-2-1-5(3-6(7)10(19)20)16-9(18)4-8(17)11(13,14)15;1-3-5-4-2/h1-3H,4H2,(H,16,18)(H,19,20);3-4H2,1-2H3. The van der Waals surface area contributed by atoms with Gasteiger partial charge in [0.05, 0.1) is 17.0 Å². The second-order valence-electron chi connectivity index (χ2n) is 4.43. The molecule has 25 heavy (non-hydrogen) atoms. The van der Waals surface area contributed by atoms with Gasteiger partial charge in [-0.2, -0.15) is 13.2 Å². The van der Waals surface area contributed by atoms with E-state index in [9.17, 15) is 27.6 Å². The summed E-state index contributed by atoms with van der Waals surface area (Å²) in [6.45, 7) is 5.67. The largest absolute Gasteiger partial charge is 0.478 e. The van der Waals surface area contributed by atoms with Gasteiger partial charge in [-0.15, -0.1) is 0 Å². The van der Waals surface area contributed by atoms with E-state index in [2.05, 4.69) is 0 Å². The van der Waals surface area contributed by atoms with Gasteiger partial charge in [0.2, 0.25) is 11.7 Å². The first-order valence-electron chi connectivity index (χ1n) is 7.03. The van der Waals surface area contributed by atoms with Crippen LogP contribution < -0.4 is 5.32 Å². The van der Waals surface area contributed by atoms with E-state index < -0.39 is 30.3 Å². The van der Waals surface area contributed by atoms with Gasteiger partial charge in [-0.3, -0.25) is 9.59 Å². The van der Waals surface area contributed by atoms with Crippen LogP contribution in [0.1, 0.15) is 30.6 Å². The number of anilines is 1. The van der Waals surface area contributed by atoms with E-state index in [1.165, 1.54) is 6.07 Å². The van der Waals surface area contributed by atoms with Crippen molar-refractivity contribution in [1.82, 2.24) is 0 Å². The molecule has 6 nitrogen and oxygen atoms in total. The van der Waals surface area contributed by atoms with Gasteiger partial charge in [-0.25, -0.2) is 4.79 Å². The lowest BCUT2D eigenvalue weighted by molar-refractivity contribution is -0.171. The highest BCUT2D eigenvalue weighted by Crippen LogP contribution is 2.22. The third-order valence-electron chi connectivity index (χ3n) is 2.53. The van der Waals surface area contributed by atoms with Crippen LogP contribution in [0.5, 0.6) is 0 Å².